The monoisotopic (exact) mass is 274 g/mol. The lowest BCUT2D eigenvalue weighted by Gasteiger charge is -2.07. The normalized spacial score (nSPS) is 12.5. The Morgan fingerprint density at radius 1 is 1.35 bits per heavy atom. The Bertz CT molecular complexity index is 693. The summed E-state index contributed by atoms with van der Waals surface area (Å²) in [5.74, 6) is 1.21. The molecule has 104 valence electrons. The first-order valence-corrected chi connectivity index (χ1v) is 6.08. The van der Waals surface area contributed by atoms with Crippen molar-refractivity contribution in [1.82, 2.24) is 10.2 Å². The maximum absolute atomic E-state index is 12.3. The van der Waals surface area contributed by atoms with E-state index in [2.05, 4.69) is 15.5 Å². The van der Waals surface area contributed by atoms with Crippen LogP contribution >= 0.6 is 0 Å². The van der Waals surface area contributed by atoms with Crippen molar-refractivity contribution >= 4 is 17.4 Å². The van der Waals surface area contributed by atoms with Gasteiger partial charge in [0.25, 0.3) is 5.91 Å². The molecular formula is C13H14N4O3. The number of nitrogens with zero attached hydrogens (tertiary/aromatic N) is 1. The van der Waals surface area contributed by atoms with Gasteiger partial charge in [0.05, 0.1) is 5.56 Å². The zero-order valence-corrected chi connectivity index (χ0v) is 11.1. The summed E-state index contributed by atoms with van der Waals surface area (Å²) in [5, 5.41) is 9.56. The summed E-state index contributed by atoms with van der Waals surface area (Å²) in [6.45, 7) is 3.89. The van der Waals surface area contributed by atoms with E-state index < -0.39 is 0 Å². The van der Waals surface area contributed by atoms with Gasteiger partial charge in [-0.05, 0) is 19.9 Å². The fraction of sp³-hybridized carbons (Fsp3) is 0.231. The maximum Gasteiger partial charge on any atom is 0.259 e. The molecule has 0 fully saturated rings. The Balaban J connectivity index is 1.89. The minimum absolute atomic E-state index is 0.136. The fourth-order valence-electron chi connectivity index (χ4n) is 1.94. The molecule has 2 aromatic rings. The Morgan fingerprint density at radius 3 is 2.70 bits per heavy atom. The first-order valence-electron chi connectivity index (χ1n) is 6.08. The van der Waals surface area contributed by atoms with Crippen LogP contribution in [0, 0.1) is 13.8 Å². The van der Waals surface area contributed by atoms with E-state index in [4.69, 9.17) is 15.2 Å². The number of amides is 1. The van der Waals surface area contributed by atoms with E-state index in [1.807, 2.05) is 13.8 Å². The van der Waals surface area contributed by atoms with Crippen molar-refractivity contribution in [3.8, 4) is 11.5 Å². The predicted octanol–water partition coefficient (Wildman–Crippen LogP) is 1.59. The van der Waals surface area contributed by atoms with Gasteiger partial charge in [0.2, 0.25) is 6.79 Å². The molecule has 0 unspecified atom stereocenters. The van der Waals surface area contributed by atoms with Crippen molar-refractivity contribution in [2.45, 2.75) is 13.8 Å². The predicted molar refractivity (Wildman–Crippen MR) is 73.0 cm³/mol. The number of nitrogen functional groups attached to an aromatic ring is 1. The van der Waals surface area contributed by atoms with E-state index >= 15 is 0 Å². The molecule has 3 rings (SSSR count). The molecule has 0 spiro atoms. The second-order valence-electron chi connectivity index (χ2n) is 4.57. The zero-order valence-electron chi connectivity index (χ0n) is 11.1. The van der Waals surface area contributed by atoms with E-state index in [1.165, 1.54) is 0 Å². The number of nitrogens with two attached hydrogens (primary N) is 1. The van der Waals surface area contributed by atoms with E-state index in [1.54, 1.807) is 12.1 Å². The number of ether oxygens (including phenoxy) is 2. The standard InChI is InChI=1S/C13H14N4O3/c1-6-7(2)16-17-12(6)15-13(18)8-3-10-11(4-9(8)14)20-5-19-10/h3-4H,5,14H2,1-2H3,(H2,15,16,17,18). The van der Waals surface area contributed by atoms with Gasteiger partial charge in [-0.25, -0.2) is 0 Å². The number of anilines is 2. The number of fused-ring (bicyclic) bond motifs is 1. The second-order valence-corrected chi connectivity index (χ2v) is 4.57. The molecule has 1 aliphatic heterocycles. The third kappa shape index (κ3) is 1.93. The summed E-state index contributed by atoms with van der Waals surface area (Å²) in [6, 6.07) is 3.15. The quantitative estimate of drug-likeness (QED) is 0.722. The Kier molecular flexibility index (Phi) is 2.74. The molecule has 1 aromatic carbocycles. The van der Waals surface area contributed by atoms with Gasteiger partial charge in [0.1, 0.15) is 0 Å². The molecule has 2 heterocycles. The molecule has 0 atom stereocenters. The van der Waals surface area contributed by atoms with E-state index in [9.17, 15) is 4.79 Å². The van der Waals surface area contributed by atoms with Crippen LogP contribution in [0.1, 0.15) is 21.6 Å². The second kappa shape index (κ2) is 4.44. The summed E-state index contributed by atoms with van der Waals surface area (Å²) in [5.41, 5.74) is 8.31. The molecule has 20 heavy (non-hydrogen) atoms. The SMILES string of the molecule is Cc1[nH]nc(NC(=O)c2cc3c(cc2N)OCO3)c1C. The molecule has 1 amide bonds. The first kappa shape index (κ1) is 12.3. The van der Waals surface area contributed by atoms with E-state index in [-0.39, 0.29) is 12.7 Å². The molecular weight excluding hydrogens is 260 g/mol. The Hall–Kier alpha value is -2.70. The molecule has 0 radical (unpaired) electrons. The van der Waals surface area contributed by atoms with E-state index in [0.717, 1.165) is 11.3 Å². The average Bonchev–Trinajstić information content (AvgIpc) is 2.98. The number of carbonyl (C=O) groups is 1. The number of hydrogen-bond donors (Lipinski definition) is 3. The third-order valence-electron chi connectivity index (χ3n) is 3.27. The molecule has 1 aromatic heterocycles. The van der Waals surface area contributed by atoms with Crippen LogP contribution < -0.4 is 20.5 Å². The van der Waals surface area contributed by atoms with Gasteiger partial charge in [-0.1, -0.05) is 0 Å². The number of aromatic nitrogens is 2. The molecule has 0 saturated heterocycles. The minimum atomic E-state index is -0.338. The highest BCUT2D eigenvalue weighted by molar-refractivity contribution is 6.08. The number of aromatic amines is 1. The topological polar surface area (TPSA) is 102 Å². The molecule has 7 heteroatoms. The van der Waals surface area contributed by atoms with Crippen molar-refractivity contribution in [3.63, 3.8) is 0 Å². The van der Waals surface area contributed by atoms with Crippen LogP contribution in [0.5, 0.6) is 11.5 Å². The highest BCUT2D eigenvalue weighted by Gasteiger charge is 2.20. The highest BCUT2D eigenvalue weighted by Crippen LogP contribution is 2.36. The van der Waals surface area contributed by atoms with Crippen molar-refractivity contribution in [1.29, 1.82) is 0 Å². The number of aryl methyl sites for hydroxylation is 1. The maximum atomic E-state index is 12.3. The first-order chi connectivity index (χ1) is 9.56. The molecule has 0 bridgehead atoms. The average molecular weight is 274 g/mol. The van der Waals surface area contributed by atoms with E-state index in [0.29, 0.717) is 28.6 Å². The molecule has 1 aliphatic rings. The van der Waals surface area contributed by atoms with Crippen LogP contribution in [-0.2, 0) is 0 Å². The summed E-state index contributed by atoms with van der Waals surface area (Å²) in [6.07, 6.45) is 0. The number of rotatable bonds is 2. The zero-order chi connectivity index (χ0) is 14.3. The highest BCUT2D eigenvalue weighted by atomic mass is 16.7. The summed E-state index contributed by atoms with van der Waals surface area (Å²) in [7, 11) is 0. The van der Waals surface area contributed by atoms with Gasteiger partial charge < -0.3 is 20.5 Å². The summed E-state index contributed by atoms with van der Waals surface area (Å²) < 4.78 is 10.4. The Labute approximate surface area is 115 Å². The van der Waals surface area contributed by atoms with Gasteiger partial charge in [-0.15, -0.1) is 0 Å². The molecule has 0 saturated carbocycles. The third-order valence-corrected chi connectivity index (χ3v) is 3.27. The van der Waals surface area contributed by atoms with Crippen LogP contribution in [0.2, 0.25) is 0 Å². The van der Waals surface area contributed by atoms with Gasteiger partial charge >= 0.3 is 0 Å². The molecule has 7 nitrogen and oxygen atoms in total. The van der Waals surface area contributed by atoms with Gasteiger partial charge in [0.15, 0.2) is 17.3 Å². The van der Waals surface area contributed by atoms with Crippen LogP contribution in [0.25, 0.3) is 0 Å². The number of hydrogen-bond acceptors (Lipinski definition) is 5. The smallest absolute Gasteiger partial charge is 0.259 e. The lowest BCUT2D eigenvalue weighted by molar-refractivity contribution is 0.102. The molecule has 0 aliphatic carbocycles. The van der Waals surface area contributed by atoms with Crippen LogP contribution in [0.15, 0.2) is 12.1 Å². The number of benzene rings is 1. The largest absolute Gasteiger partial charge is 0.454 e. The lowest BCUT2D eigenvalue weighted by Crippen LogP contribution is -2.15. The van der Waals surface area contributed by atoms with Gasteiger partial charge in [0, 0.05) is 23.0 Å². The van der Waals surface area contributed by atoms with Crippen molar-refractivity contribution in [2.24, 2.45) is 0 Å². The van der Waals surface area contributed by atoms with Crippen LogP contribution in [0.4, 0.5) is 11.5 Å². The van der Waals surface area contributed by atoms with Crippen molar-refractivity contribution < 1.29 is 14.3 Å². The lowest BCUT2D eigenvalue weighted by atomic mass is 10.1. The number of carbonyl (C=O) groups excluding carboxylic acids is 1. The minimum Gasteiger partial charge on any atom is -0.454 e. The summed E-state index contributed by atoms with van der Waals surface area (Å²) in [4.78, 5) is 12.3. The molecule has 4 N–H and O–H groups in total. The fourth-order valence-corrected chi connectivity index (χ4v) is 1.94. The van der Waals surface area contributed by atoms with Gasteiger partial charge in [-0.3, -0.25) is 9.89 Å². The van der Waals surface area contributed by atoms with Gasteiger partial charge in [-0.2, -0.15) is 5.10 Å². The van der Waals surface area contributed by atoms with Crippen LogP contribution in [-0.4, -0.2) is 22.9 Å². The number of nitrogens with one attached hydrogen (secondary N) is 2. The Morgan fingerprint density at radius 2 is 2.05 bits per heavy atom. The van der Waals surface area contributed by atoms with Crippen molar-refractivity contribution in [3.05, 3.63) is 29.0 Å². The van der Waals surface area contributed by atoms with Crippen LogP contribution in [0.3, 0.4) is 0 Å². The summed E-state index contributed by atoms with van der Waals surface area (Å²) >= 11 is 0. The van der Waals surface area contributed by atoms with Crippen molar-refractivity contribution in [2.75, 3.05) is 17.8 Å². The number of H-pyrrole nitrogens is 1.